The maximum Gasteiger partial charge on any atom is 0.282 e. The van der Waals surface area contributed by atoms with Gasteiger partial charge in [-0.15, -0.1) is 0 Å². The molecule has 0 aliphatic carbocycles. The van der Waals surface area contributed by atoms with E-state index in [0.29, 0.717) is 6.54 Å². The highest BCUT2D eigenvalue weighted by molar-refractivity contribution is 5.99. The number of carbonyl (C=O) groups is 1. The molecule has 0 aromatic heterocycles. The first-order valence-electron chi connectivity index (χ1n) is 6.13. The molecule has 0 saturated carbocycles. The summed E-state index contributed by atoms with van der Waals surface area (Å²) in [5.41, 5.74) is 5.53. The average molecular weight is 276 g/mol. The highest BCUT2D eigenvalue weighted by atomic mass is 16.6. The lowest BCUT2D eigenvalue weighted by atomic mass is 10.1. The van der Waals surface area contributed by atoms with E-state index >= 15 is 0 Å². The van der Waals surface area contributed by atoms with Crippen LogP contribution in [0.3, 0.4) is 0 Å². The largest absolute Gasteiger partial charge is 0.399 e. The molecule has 0 saturated heterocycles. The minimum absolute atomic E-state index is 0.0537. The molecule has 20 heavy (non-hydrogen) atoms. The maximum absolute atomic E-state index is 12.4. The molecule has 1 rings (SSSR count). The molecule has 0 heterocycles. The fourth-order valence-corrected chi connectivity index (χ4v) is 1.78. The van der Waals surface area contributed by atoms with Crippen molar-refractivity contribution in [1.82, 2.24) is 4.90 Å². The SMILES string of the molecule is CCN(CC(C)C#N)C(=O)c1cc(N)ccc1[N+](=O)[O-]. The Hall–Kier alpha value is -2.62. The number of hydrogen-bond donors (Lipinski definition) is 1. The van der Waals surface area contributed by atoms with Gasteiger partial charge in [-0.2, -0.15) is 5.26 Å². The lowest BCUT2D eigenvalue weighted by molar-refractivity contribution is -0.385. The van der Waals surface area contributed by atoms with E-state index in [1.165, 1.54) is 23.1 Å². The molecule has 0 aliphatic heterocycles. The van der Waals surface area contributed by atoms with Gasteiger partial charge in [0, 0.05) is 24.8 Å². The number of amides is 1. The highest BCUT2D eigenvalue weighted by Gasteiger charge is 2.25. The predicted octanol–water partition coefficient (Wildman–Crippen LogP) is 1.80. The fourth-order valence-electron chi connectivity index (χ4n) is 1.78. The van der Waals surface area contributed by atoms with Crippen molar-refractivity contribution in [2.24, 2.45) is 5.92 Å². The summed E-state index contributed by atoms with van der Waals surface area (Å²) in [6, 6.07) is 5.91. The summed E-state index contributed by atoms with van der Waals surface area (Å²) >= 11 is 0. The smallest absolute Gasteiger partial charge is 0.282 e. The third-order valence-electron chi connectivity index (χ3n) is 2.83. The minimum Gasteiger partial charge on any atom is -0.399 e. The number of nitrogen functional groups attached to an aromatic ring is 1. The number of hydrogen-bond acceptors (Lipinski definition) is 5. The van der Waals surface area contributed by atoms with Gasteiger partial charge in [-0.05, 0) is 26.0 Å². The van der Waals surface area contributed by atoms with Gasteiger partial charge < -0.3 is 10.6 Å². The molecule has 0 bridgehead atoms. The monoisotopic (exact) mass is 276 g/mol. The number of nitrogens with zero attached hydrogens (tertiary/aromatic N) is 3. The normalized spacial score (nSPS) is 11.4. The van der Waals surface area contributed by atoms with Crippen LogP contribution in [-0.4, -0.2) is 28.8 Å². The van der Waals surface area contributed by atoms with Crippen LogP contribution < -0.4 is 5.73 Å². The van der Waals surface area contributed by atoms with Crippen molar-refractivity contribution in [2.75, 3.05) is 18.8 Å². The van der Waals surface area contributed by atoms with Crippen LogP contribution in [-0.2, 0) is 0 Å². The van der Waals surface area contributed by atoms with Gasteiger partial charge in [0.05, 0.1) is 16.9 Å². The van der Waals surface area contributed by atoms with Crippen LogP contribution in [0.1, 0.15) is 24.2 Å². The first-order valence-corrected chi connectivity index (χ1v) is 6.13. The summed E-state index contributed by atoms with van der Waals surface area (Å²) in [6.07, 6.45) is 0. The average Bonchev–Trinajstić information content (AvgIpc) is 2.43. The van der Waals surface area contributed by atoms with Crippen molar-refractivity contribution < 1.29 is 9.72 Å². The van der Waals surface area contributed by atoms with Gasteiger partial charge in [0.2, 0.25) is 0 Å². The van der Waals surface area contributed by atoms with Crippen LogP contribution in [0, 0.1) is 27.4 Å². The Morgan fingerprint density at radius 2 is 2.25 bits per heavy atom. The molecule has 1 aromatic carbocycles. The Morgan fingerprint density at radius 1 is 1.60 bits per heavy atom. The Bertz CT molecular complexity index is 565. The van der Waals surface area contributed by atoms with Crippen molar-refractivity contribution >= 4 is 17.3 Å². The zero-order valence-corrected chi connectivity index (χ0v) is 11.4. The number of nitrogens with two attached hydrogens (primary N) is 1. The highest BCUT2D eigenvalue weighted by Crippen LogP contribution is 2.23. The molecule has 0 fully saturated rings. The summed E-state index contributed by atoms with van der Waals surface area (Å²) in [6.45, 7) is 4.01. The lowest BCUT2D eigenvalue weighted by Gasteiger charge is -2.22. The van der Waals surface area contributed by atoms with Crippen molar-refractivity contribution in [3.05, 3.63) is 33.9 Å². The van der Waals surface area contributed by atoms with Crippen LogP contribution in [0.4, 0.5) is 11.4 Å². The number of benzene rings is 1. The molecule has 0 radical (unpaired) electrons. The van der Waals surface area contributed by atoms with Gasteiger partial charge in [0.15, 0.2) is 0 Å². The number of rotatable bonds is 5. The first kappa shape index (κ1) is 15.4. The number of carbonyl (C=O) groups excluding carboxylic acids is 1. The van der Waals surface area contributed by atoms with Crippen molar-refractivity contribution in [3.8, 4) is 6.07 Å². The summed E-state index contributed by atoms with van der Waals surface area (Å²) in [7, 11) is 0. The van der Waals surface area contributed by atoms with Gasteiger partial charge in [-0.1, -0.05) is 0 Å². The van der Waals surface area contributed by atoms with Crippen LogP contribution in [0.15, 0.2) is 18.2 Å². The second-order valence-electron chi connectivity index (χ2n) is 4.41. The third kappa shape index (κ3) is 3.45. The Balaban J connectivity index is 3.15. The molecule has 1 unspecified atom stereocenters. The second-order valence-corrected chi connectivity index (χ2v) is 4.41. The molecule has 1 atom stereocenters. The summed E-state index contributed by atoms with van der Waals surface area (Å²) < 4.78 is 0. The van der Waals surface area contributed by atoms with Gasteiger partial charge in [0.25, 0.3) is 11.6 Å². The zero-order valence-electron chi connectivity index (χ0n) is 11.4. The van der Waals surface area contributed by atoms with E-state index in [2.05, 4.69) is 0 Å². The fraction of sp³-hybridized carbons (Fsp3) is 0.385. The van der Waals surface area contributed by atoms with E-state index in [0.717, 1.165) is 0 Å². The molecule has 0 spiro atoms. The van der Waals surface area contributed by atoms with Crippen molar-refractivity contribution in [1.29, 1.82) is 5.26 Å². The summed E-state index contributed by atoms with van der Waals surface area (Å²) in [5, 5.41) is 19.8. The molecule has 1 aromatic rings. The van der Waals surface area contributed by atoms with Crippen LogP contribution in [0.25, 0.3) is 0 Å². The Morgan fingerprint density at radius 3 is 2.75 bits per heavy atom. The molecule has 7 heteroatoms. The van der Waals surface area contributed by atoms with Crippen LogP contribution in [0.5, 0.6) is 0 Å². The standard InChI is InChI=1S/C13H16N4O3/c1-3-16(8-9(2)7-14)13(18)11-6-10(15)4-5-12(11)17(19)20/h4-6,9H,3,8,15H2,1-2H3. The van der Waals surface area contributed by atoms with E-state index in [4.69, 9.17) is 11.0 Å². The van der Waals surface area contributed by atoms with E-state index < -0.39 is 10.8 Å². The Kier molecular flexibility index (Phi) is 5.03. The number of nitro benzene ring substituents is 1. The Labute approximate surface area is 116 Å². The molecule has 2 N–H and O–H groups in total. The van der Waals surface area contributed by atoms with E-state index in [9.17, 15) is 14.9 Å². The molecular weight excluding hydrogens is 260 g/mol. The molecule has 0 aliphatic rings. The molecule has 7 nitrogen and oxygen atoms in total. The zero-order chi connectivity index (χ0) is 15.3. The first-order chi connectivity index (χ1) is 9.40. The molecular formula is C13H16N4O3. The van der Waals surface area contributed by atoms with E-state index in [-0.39, 0.29) is 29.4 Å². The van der Waals surface area contributed by atoms with E-state index in [1.807, 2.05) is 6.07 Å². The number of anilines is 1. The quantitative estimate of drug-likeness (QED) is 0.500. The number of nitriles is 1. The maximum atomic E-state index is 12.4. The topological polar surface area (TPSA) is 113 Å². The lowest BCUT2D eigenvalue weighted by Crippen LogP contribution is -2.34. The predicted molar refractivity (Wildman–Crippen MR) is 73.9 cm³/mol. The third-order valence-corrected chi connectivity index (χ3v) is 2.83. The number of nitro groups is 1. The molecule has 1 amide bonds. The van der Waals surface area contributed by atoms with Gasteiger partial charge in [0.1, 0.15) is 5.56 Å². The van der Waals surface area contributed by atoms with E-state index in [1.54, 1.807) is 13.8 Å². The van der Waals surface area contributed by atoms with Crippen molar-refractivity contribution in [3.63, 3.8) is 0 Å². The summed E-state index contributed by atoms with van der Waals surface area (Å²) in [5.74, 6) is -0.840. The minimum atomic E-state index is -0.617. The van der Waals surface area contributed by atoms with Crippen molar-refractivity contribution in [2.45, 2.75) is 13.8 Å². The van der Waals surface area contributed by atoms with Crippen LogP contribution in [0.2, 0.25) is 0 Å². The second kappa shape index (κ2) is 6.52. The molecule has 106 valence electrons. The van der Waals surface area contributed by atoms with Crippen LogP contribution >= 0.6 is 0 Å². The summed E-state index contributed by atoms with van der Waals surface area (Å²) in [4.78, 5) is 24.1. The van der Waals surface area contributed by atoms with Gasteiger partial charge >= 0.3 is 0 Å². The van der Waals surface area contributed by atoms with Gasteiger partial charge in [-0.25, -0.2) is 0 Å². The van der Waals surface area contributed by atoms with Gasteiger partial charge in [-0.3, -0.25) is 14.9 Å².